The molecule has 3 N–H and O–H groups in total. The normalized spacial score (nSPS) is 28.6. The Morgan fingerprint density at radius 3 is 1.23 bits per heavy atom. The molecule has 314 valence electrons. The number of ether oxygens (including phenoxy) is 4. The summed E-state index contributed by atoms with van der Waals surface area (Å²) in [5.41, 5.74) is 5.66. The second kappa shape index (κ2) is 21.5. The first-order chi connectivity index (χ1) is 26.8. The van der Waals surface area contributed by atoms with Gasteiger partial charge in [0.15, 0.2) is 0 Å². The summed E-state index contributed by atoms with van der Waals surface area (Å²) >= 11 is 0. The molecule has 18 nitrogen and oxygen atoms in total. The van der Waals surface area contributed by atoms with E-state index in [9.17, 15) is 38.4 Å². The Bertz CT molecular complexity index is 1460. The second-order valence-corrected chi connectivity index (χ2v) is 20.3. The Balaban J connectivity index is 1.26. The molecule has 0 aromatic carbocycles. The third-order valence-corrected chi connectivity index (χ3v) is 17.5. The molecule has 0 radical (unpaired) electrons. The summed E-state index contributed by atoms with van der Waals surface area (Å²) in [6.07, 6.45) is 3.27. The van der Waals surface area contributed by atoms with E-state index >= 15 is 0 Å². The molecule has 0 bridgehead atoms. The van der Waals surface area contributed by atoms with Gasteiger partial charge in [-0.25, -0.2) is 0 Å². The van der Waals surface area contributed by atoms with Crippen LogP contribution < -0.4 is 11.1 Å². The van der Waals surface area contributed by atoms with E-state index in [1.165, 1.54) is 0 Å². The van der Waals surface area contributed by atoms with Crippen LogP contribution >= 0.6 is 0 Å². The number of carbonyl (C=O) groups is 8. The predicted octanol–water partition coefficient (Wildman–Crippen LogP) is 1.22. The highest BCUT2D eigenvalue weighted by atomic mass is 28.4. The van der Waals surface area contributed by atoms with Gasteiger partial charge in [0.05, 0.1) is 47.3 Å². The van der Waals surface area contributed by atoms with Crippen molar-refractivity contribution in [1.29, 1.82) is 0 Å². The van der Waals surface area contributed by atoms with Gasteiger partial charge in [0.25, 0.3) is 0 Å². The van der Waals surface area contributed by atoms with Crippen molar-refractivity contribution in [3.8, 4) is 0 Å². The first-order valence-electron chi connectivity index (χ1n) is 19.6. The van der Waals surface area contributed by atoms with Gasteiger partial charge in [-0.1, -0.05) is 13.3 Å². The molecule has 4 fully saturated rings. The predicted molar refractivity (Wildman–Crippen MR) is 195 cm³/mol. The molecule has 4 saturated heterocycles. The minimum absolute atomic E-state index is 0.0221. The van der Waals surface area contributed by atoms with Crippen LogP contribution in [0.1, 0.15) is 77.6 Å². The minimum Gasteiger partial charge on any atom is -0.400 e. The molecule has 56 heavy (non-hydrogen) atoms. The zero-order valence-corrected chi connectivity index (χ0v) is 34.8. The highest BCUT2D eigenvalue weighted by Crippen LogP contribution is 2.41. The molecule has 4 rings (SSSR count). The van der Waals surface area contributed by atoms with E-state index in [-0.39, 0.29) is 38.5 Å². The van der Waals surface area contributed by atoms with Crippen molar-refractivity contribution in [2.45, 2.75) is 89.6 Å². The Hall–Kier alpha value is -3.25. The lowest BCUT2D eigenvalue weighted by Crippen LogP contribution is -2.49. The van der Waals surface area contributed by atoms with E-state index in [1.807, 2.05) is 6.92 Å². The van der Waals surface area contributed by atoms with E-state index in [2.05, 4.69) is 5.32 Å². The third kappa shape index (κ3) is 11.2. The number of rotatable bonds is 26. The Kier molecular flexibility index (Phi) is 17.4. The first kappa shape index (κ1) is 45.5. The molecule has 4 aliphatic heterocycles. The first-order valence-corrected chi connectivity index (χ1v) is 23.3. The molecule has 20 heteroatoms. The summed E-state index contributed by atoms with van der Waals surface area (Å²) in [7, 11) is -0.265. The van der Waals surface area contributed by atoms with Gasteiger partial charge in [-0.15, -0.1) is 0 Å². The number of nitrogens with one attached hydrogen (secondary N) is 1. The number of hydrogen-bond donors (Lipinski definition) is 2. The standard InChI is InChI=1S/C36H56N2O16Si2/c1-5-8-21-22(30(40)50-29(21)39)9-10-23-24(32(42)51-31(23)41)11-12-25-26(34(44)52-33(25)43)13-14-27-28(36(46)53-35(27)45)15-18-38-17-7-19-55(47-2)54-56(48-3,49-4)20-6-16-37/h21-28,38,55H,5-20,37H2,1-4H3. The van der Waals surface area contributed by atoms with Crippen LogP contribution in [0.3, 0.4) is 0 Å². The molecule has 4 heterocycles. The maximum absolute atomic E-state index is 12.8. The zero-order chi connectivity index (χ0) is 41.0. The summed E-state index contributed by atoms with van der Waals surface area (Å²) in [5, 5.41) is 3.29. The highest BCUT2D eigenvalue weighted by molar-refractivity contribution is 6.69. The molecule has 9 atom stereocenters. The van der Waals surface area contributed by atoms with Crippen molar-refractivity contribution < 1.29 is 74.7 Å². The largest absolute Gasteiger partial charge is 0.491 e. The zero-order valence-electron chi connectivity index (χ0n) is 32.6. The maximum atomic E-state index is 12.8. The summed E-state index contributed by atoms with van der Waals surface area (Å²) < 4.78 is 42.7. The fourth-order valence-electron chi connectivity index (χ4n) is 8.22. The topological polar surface area (TPSA) is 248 Å². The molecule has 0 amide bonds. The van der Waals surface area contributed by atoms with Crippen LogP contribution in [-0.4, -0.2) is 107 Å². The number of carbonyl (C=O) groups excluding carboxylic acids is 8. The van der Waals surface area contributed by atoms with Crippen LogP contribution in [0.25, 0.3) is 0 Å². The molecular weight excluding hydrogens is 773 g/mol. The van der Waals surface area contributed by atoms with E-state index < -0.39 is 113 Å². The van der Waals surface area contributed by atoms with Crippen LogP contribution in [0, 0.1) is 47.3 Å². The van der Waals surface area contributed by atoms with Gasteiger partial charge in [-0.3, -0.25) is 38.4 Å². The van der Waals surface area contributed by atoms with Gasteiger partial charge in [0.1, 0.15) is 0 Å². The summed E-state index contributed by atoms with van der Waals surface area (Å²) in [6, 6.07) is 1.26. The molecule has 4 aliphatic rings. The summed E-state index contributed by atoms with van der Waals surface area (Å²) in [4.78, 5) is 101. The molecule has 0 spiro atoms. The van der Waals surface area contributed by atoms with Crippen LogP contribution in [0.4, 0.5) is 0 Å². The van der Waals surface area contributed by atoms with Gasteiger partial charge >= 0.3 is 65.8 Å². The van der Waals surface area contributed by atoms with Crippen LogP contribution in [0.2, 0.25) is 12.1 Å². The van der Waals surface area contributed by atoms with Gasteiger partial charge in [-0.05, 0) is 89.9 Å². The number of cyclic esters (lactones) is 8. The van der Waals surface area contributed by atoms with Crippen molar-refractivity contribution in [2.75, 3.05) is 41.0 Å². The van der Waals surface area contributed by atoms with Crippen LogP contribution in [0.5, 0.6) is 0 Å². The highest BCUT2D eigenvalue weighted by Gasteiger charge is 2.51. The Labute approximate surface area is 329 Å². The average Bonchev–Trinajstić information content (AvgIpc) is 3.80. The van der Waals surface area contributed by atoms with Gasteiger partial charge in [0, 0.05) is 27.4 Å². The smallest absolute Gasteiger partial charge is 0.400 e. The maximum Gasteiger partial charge on any atom is 0.491 e. The number of nitrogens with two attached hydrogens (primary N) is 1. The Morgan fingerprint density at radius 2 is 0.911 bits per heavy atom. The van der Waals surface area contributed by atoms with E-state index in [0.29, 0.717) is 57.4 Å². The lowest BCUT2D eigenvalue weighted by molar-refractivity contribution is -0.156. The molecule has 0 saturated carbocycles. The van der Waals surface area contributed by atoms with E-state index in [4.69, 9.17) is 42.1 Å². The van der Waals surface area contributed by atoms with Gasteiger partial charge < -0.3 is 47.4 Å². The number of hydrogen-bond acceptors (Lipinski definition) is 18. The average molecular weight is 829 g/mol. The van der Waals surface area contributed by atoms with Crippen molar-refractivity contribution >= 4 is 65.8 Å². The molecule has 0 aromatic heterocycles. The molecule has 9 unspecified atom stereocenters. The van der Waals surface area contributed by atoms with Crippen molar-refractivity contribution in [2.24, 2.45) is 53.1 Å². The lowest BCUT2D eigenvalue weighted by Gasteiger charge is -2.30. The molecular formula is C36H56N2O16Si2. The second-order valence-electron chi connectivity index (χ2n) is 14.8. The molecule has 0 aliphatic carbocycles. The van der Waals surface area contributed by atoms with Crippen molar-refractivity contribution in [3.63, 3.8) is 0 Å². The number of esters is 8. The molecule has 0 aromatic rings. The fraction of sp³-hybridized carbons (Fsp3) is 0.778. The van der Waals surface area contributed by atoms with Crippen LogP contribution in [-0.2, 0) is 74.7 Å². The van der Waals surface area contributed by atoms with Crippen molar-refractivity contribution in [3.05, 3.63) is 0 Å². The Morgan fingerprint density at radius 1 is 0.554 bits per heavy atom. The SMILES string of the molecule is CCCC1C(=O)OC(=O)C1CCC1C(=O)OC(=O)C1CCC1C(=O)OC(=O)C1CCC1C(=O)OC(=O)C1CCNCCC[SiH](OC)O[Si](CCCN)(OC)OC. The minimum atomic E-state index is -2.88. The lowest BCUT2D eigenvalue weighted by atomic mass is 9.78. The van der Waals surface area contributed by atoms with E-state index in [0.717, 1.165) is 6.42 Å². The van der Waals surface area contributed by atoms with Crippen molar-refractivity contribution in [1.82, 2.24) is 5.32 Å². The van der Waals surface area contributed by atoms with Gasteiger partial charge in [0.2, 0.25) is 0 Å². The van der Waals surface area contributed by atoms with E-state index in [1.54, 1.807) is 21.3 Å². The summed E-state index contributed by atoms with van der Waals surface area (Å²) in [5.74, 6) is -12.2. The quantitative estimate of drug-likeness (QED) is 0.0409. The third-order valence-electron chi connectivity index (χ3n) is 11.4. The van der Waals surface area contributed by atoms with Crippen LogP contribution in [0.15, 0.2) is 0 Å². The fourth-order valence-corrected chi connectivity index (χ4v) is 13.9. The van der Waals surface area contributed by atoms with Gasteiger partial charge in [-0.2, -0.15) is 0 Å². The monoisotopic (exact) mass is 828 g/mol. The summed E-state index contributed by atoms with van der Waals surface area (Å²) in [6.45, 7) is 3.37.